The number of rotatable bonds is 3. The summed E-state index contributed by atoms with van der Waals surface area (Å²) in [6.45, 7) is 2.70. The van der Waals surface area contributed by atoms with Gasteiger partial charge in [0.2, 0.25) is 0 Å². The lowest BCUT2D eigenvalue weighted by Gasteiger charge is -2.39. The molecule has 0 radical (unpaired) electrons. The van der Waals surface area contributed by atoms with E-state index in [-0.39, 0.29) is 12.5 Å². The molecule has 0 aromatic carbocycles. The molecule has 1 fully saturated rings. The van der Waals surface area contributed by atoms with Crippen LogP contribution < -0.4 is 0 Å². The highest BCUT2D eigenvalue weighted by molar-refractivity contribution is 9.10. The molecule has 6 heteroatoms. The Hall–Kier alpha value is -1.30. The third-order valence-corrected chi connectivity index (χ3v) is 4.46. The van der Waals surface area contributed by atoms with Crippen LogP contribution in [0.3, 0.4) is 0 Å². The highest BCUT2D eigenvalue weighted by atomic mass is 79.9. The monoisotopic (exact) mass is 329 g/mol. The van der Waals surface area contributed by atoms with Crippen LogP contribution >= 0.6 is 15.9 Å². The molecule has 1 saturated heterocycles. The van der Waals surface area contributed by atoms with Gasteiger partial charge in [-0.2, -0.15) is 0 Å². The predicted molar refractivity (Wildman–Crippen MR) is 71.9 cm³/mol. The molecule has 1 unspecified atom stereocenters. The molecule has 1 aromatic heterocycles. The zero-order chi connectivity index (χ0) is 14.0. The Kier molecular flexibility index (Phi) is 3.99. The van der Waals surface area contributed by atoms with Crippen molar-refractivity contribution < 1.29 is 19.1 Å². The summed E-state index contributed by atoms with van der Waals surface area (Å²) < 4.78 is 5.44. The van der Waals surface area contributed by atoms with E-state index in [0.29, 0.717) is 36.0 Å². The normalized spacial score (nSPS) is 23.4. The minimum Gasteiger partial charge on any atom is -0.481 e. The van der Waals surface area contributed by atoms with Crippen LogP contribution in [0.1, 0.15) is 36.5 Å². The molecular formula is C13H16BrNO4. The van der Waals surface area contributed by atoms with E-state index in [1.54, 1.807) is 11.0 Å². The lowest BCUT2D eigenvalue weighted by Crippen LogP contribution is -2.49. The molecule has 1 amide bonds. The minimum absolute atomic E-state index is 0.181. The first kappa shape index (κ1) is 14.1. The van der Waals surface area contributed by atoms with Crippen LogP contribution in [-0.2, 0) is 4.79 Å². The van der Waals surface area contributed by atoms with Crippen molar-refractivity contribution in [3.63, 3.8) is 0 Å². The van der Waals surface area contributed by atoms with Crippen molar-refractivity contribution in [3.8, 4) is 0 Å². The van der Waals surface area contributed by atoms with Crippen molar-refractivity contribution >= 4 is 27.8 Å². The maximum atomic E-state index is 12.4. The van der Waals surface area contributed by atoms with E-state index in [9.17, 15) is 14.7 Å². The largest absolute Gasteiger partial charge is 0.481 e. The van der Waals surface area contributed by atoms with Crippen molar-refractivity contribution in [2.24, 2.45) is 5.41 Å². The number of carboxylic acid groups (broad SMARTS) is 1. The van der Waals surface area contributed by atoms with Crippen LogP contribution in [0, 0.1) is 5.41 Å². The number of carbonyl (C=O) groups excluding carboxylic acids is 1. The number of carboxylic acids is 1. The Morgan fingerprint density at radius 3 is 2.84 bits per heavy atom. The predicted octanol–water partition coefficient (Wildman–Crippen LogP) is 2.76. The van der Waals surface area contributed by atoms with Gasteiger partial charge in [0.15, 0.2) is 4.67 Å². The summed E-state index contributed by atoms with van der Waals surface area (Å²) in [4.78, 5) is 25.4. The second-order valence-electron chi connectivity index (χ2n) is 4.88. The smallest absolute Gasteiger partial charge is 0.311 e. The van der Waals surface area contributed by atoms with Gasteiger partial charge < -0.3 is 14.4 Å². The minimum atomic E-state index is -0.821. The van der Waals surface area contributed by atoms with Gasteiger partial charge in [-0.1, -0.05) is 6.92 Å². The first-order valence-electron chi connectivity index (χ1n) is 6.26. The molecule has 2 heterocycles. The molecule has 5 nitrogen and oxygen atoms in total. The first-order chi connectivity index (χ1) is 9.00. The van der Waals surface area contributed by atoms with Crippen molar-refractivity contribution in [2.75, 3.05) is 13.1 Å². The van der Waals surface area contributed by atoms with Gasteiger partial charge in [-0.05, 0) is 41.3 Å². The fourth-order valence-corrected chi connectivity index (χ4v) is 2.95. The fraction of sp³-hybridized carbons (Fsp3) is 0.538. The van der Waals surface area contributed by atoms with Gasteiger partial charge in [-0.15, -0.1) is 0 Å². The Bertz CT molecular complexity index is 499. The summed E-state index contributed by atoms with van der Waals surface area (Å²) >= 11 is 3.18. The Labute approximate surface area is 119 Å². The molecule has 2 rings (SSSR count). The van der Waals surface area contributed by atoms with Gasteiger partial charge in [0.05, 0.1) is 17.2 Å². The van der Waals surface area contributed by atoms with E-state index in [4.69, 9.17) is 4.42 Å². The van der Waals surface area contributed by atoms with Crippen LogP contribution in [-0.4, -0.2) is 35.0 Å². The molecule has 0 aliphatic carbocycles. The standard InChI is InChI=1S/C13H16BrNO4/c1-2-13(12(17)18)5-3-6-15(8-13)11(16)9-4-7-19-10(9)14/h4,7H,2-3,5-6,8H2,1H3,(H,17,18). The van der Waals surface area contributed by atoms with E-state index < -0.39 is 11.4 Å². The van der Waals surface area contributed by atoms with Crippen LogP contribution in [0.2, 0.25) is 0 Å². The summed E-state index contributed by atoms with van der Waals surface area (Å²) in [5.41, 5.74) is -0.373. The van der Waals surface area contributed by atoms with Gasteiger partial charge in [0, 0.05) is 13.1 Å². The van der Waals surface area contributed by atoms with Crippen LogP contribution in [0.4, 0.5) is 0 Å². The van der Waals surface area contributed by atoms with Crippen LogP contribution in [0.15, 0.2) is 21.4 Å². The van der Waals surface area contributed by atoms with E-state index in [1.165, 1.54) is 6.26 Å². The van der Waals surface area contributed by atoms with E-state index >= 15 is 0 Å². The highest BCUT2D eigenvalue weighted by Gasteiger charge is 2.42. The topological polar surface area (TPSA) is 70.8 Å². The maximum Gasteiger partial charge on any atom is 0.311 e. The summed E-state index contributed by atoms with van der Waals surface area (Å²) in [5, 5.41) is 9.41. The Balaban J connectivity index is 2.20. The number of aliphatic carboxylic acids is 1. The van der Waals surface area contributed by atoms with Crippen molar-refractivity contribution in [3.05, 3.63) is 22.6 Å². The number of carbonyl (C=O) groups is 2. The first-order valence-corrected chi connectivity index (χ1v) is 7.05. The lowest BCUT2D eigenvalue weighted by atomic mass is 9.77. The number of nitrogens with zero attached hydrogens (tertiary/aromatic N) is 1. The molecule has 1 N–H and O–H groups in total. The third kappa shape index (κ3) is 2.54. The number of furan rings is 1. The van der Waals surface area contributed by atoms with Crippen molar-refractivity contribution in [1.82, 2.24) is 4.90 Å². The molecule has 1 aromatic rings. The Morgan fingerprint density at radius 2 is 2.32 bits per heavy atom. The average Bonchev–Trinajstić information content (AvgIpc) is 2.84. The number of halogens is 1. The van der Waals surface area contributed by atoms with Gasteiger partial charge in [0.25, 0.3) is 5.91 Å². The van der Waals surface area contributed by atoms with E-state index in [0.717, 1.165) is 0 Å². The molecular weight excluding hydrogens is 314 g/mol. The zero-order valence-corrected chi connectivity index (χ0v) is 12.3. The zero-order valence-electron chi connectivity index (χ0n) is 10.7. The maximum absolute atomic E-state index is 12.4. The molecule has 0 saturated carbocycles. The quantitative estimate of drug-likeness (QED) is 0.925. The van der Waals surface area contributed by atoms with Gasteiger partial charge in [0.1, 0.15) is 0 Å². The average molecular weight is 330 g/mol. The molecule has 1 aliphatic heterocycles. The molecule has 1 aliphatic rings. The van der Waals surface area contributed by atoms with Crippen LogP contribution in [0.5, 0.6) is 0 Å². The third-order valence-electron chi connectivity index (χ3n) is 3.84. The van der Waals surface area contributed by atoms with E-state index in [1.807, 2.05) is 6.92 Å². The van der Waals surface area contributed by atoms with Crippen LogP contribution in [0.25, 0.3) is 0 Å². The summed E-state index contributed by atoms with van der Waals surface area (Å²) in [7, 11) is 0. The number of amides is 1. The number of likely N-dealkylation sites (tertiary alicyclic amines) is 1. The number of hydrogen-bond acceptors (Lipinski definition) is 3. The second kappa shape index (κ2) is 5.36. The highest BCUT2D eigenvalue weighted by Crippen LogP contribution is 2.34. The van der Waals surface area contributed by atoms with Crippen molar-refractivity contribution in [1.29, 1.82) is 0 Å². The molecule has 19 heavy (non-hydrogen) atoms. The fourth-order valence-electron chi connectivity index (χ4n) is 2.54. The molecule has 0 bridgehead atoms. The number of hydrogen-bond donors (Lipinski definition) is 1. The summed E-state index contributed by atoms with van der Waals surface area (Å²) in [5.74, 6) is -1.00. The SMILES string of the molecule is CCC1(C(=O)O)CCCN(C(=O)c2ccoc2Br)C1. The van der Waals surface area contributed by atoms with Gasteiger partial charge in [-0.25, -0.2) is 0 Å². The van der Waals surface area contributed by atoms with Gasteiger partial charge in [-0.3, -0.25) is 9.59 Å². The second-order valence-corrected chi connectivity index (χ2v) is 5.60. The Morgan fingerprint density at radius 1 is 1.58 bits per heavy atom. The summed E-state index contributed by atoms with van der Waals surface area (Å²) in [6.07, 6.45) is 3.29. The molecule has 1 atom stereocenters. The van der Waals surface area contributed by atoms with Crippen molar-refractivity contribution in [2.45, 2.75) is 26.2 Å². The summed E-state index contributed by atoms with van der Waals surface area (Å²) in [6, 6.07) is 1.59. The molecule has 0 spiro atoms. The number of piperidine rings is 1. The van der Waals surface area contributed by atoms with Gasteiger partial charge >= 0.3 is 5.97 Å². The van der Waals surface area contributed by atoms with E-state index in [2.05, 4.69) is 15.9 Å². The molecule has 104 valence electrons. The lowest BCUT2D eigenvalue weighted by molar-refractivity contribution is -0.152.